The Morgan fingerprint density at radius 1 is 1.29 bits per heavy atom. The molecule has 0 saturated carbocycles. The number of aryl methyl sites for hydroxylation is 1. The number of esters is 1. The number of benzene rings is 2. The number of carbonyl (C=O) groups excluding carboxylic acids is 2. The summed E-state index contributed by atoms with van der Waals surface area (Å²) in [5, 5.41) is 21.5. The summed E-state index contributed by atoms with van der Waals surface area (Å²) in [4.78, 5) is 37.6. The molecule has 2 aromatic rings. The van der Waals surface area contributed by atoms with Gasteiger partial charge in [0.2, 0.25) is 5.78 Å². The van der Waals surface area contributed by atoms with Crippen LogP contribution in [0.15, 0.2) is 36.1 Å². The van der Waals surface area contributed by atoms with Gasteiger partial charge in [-0.15, -0.1) is 0 Å². The number of nitro benzene ring substituents is 1. The summed E-state index contributed by atoms with van der Waals surface area (Å²) >= 11 is 0. The average Bonchev–Trinajstić information content (AvgIpc) is 3.13. The first-order valence-corrected chi connectivity index (χ1v) is 11.2. The molecule has 9 nitrogen and oxygen atoms in total. The Morgan fingerprint density at radius 2 is 1.97 bits per heavy atom. The molecule has 0 amide bonds. The number of Topliss-reactive ketones (excluding diaryl/α,β-unsaturated/α-hetero) is 1. The van der Waals surface area contributed by atoms with Crippen LogP contribution in [0, 0.1) is 23.0 Å². The first kappa shape index (κ1) is 23.4. The van der Waals surface area contributed by atoms with Crippen LogP contribution < -0.4 is 4.74 Å². The molecule has 9 heteroatoms. The van der Waals surface area contributed by atoms with Crippen molar-refractivity contribution in [2.24, 2.45) is 5.92 Å². The number of phenolic OH excluding ortho intramolecular Hbond substituents is 1. The molecule has 0 spiro atoms. The fourth-order valence-corrected chi connectivity index (χ4v) is 4.39. The van der Waals surface area contributed by atoms with Crippen molar-refractivity contribution in [3.8, 4) is 11.5 Å². The van der Waals surface area contributed by atoms with Crippen LogP contribution in [0.1, 0.15) is 46.8 Å². The zero-order valence-corrected chi connectivity index (χ0v) is 19.1. The highest BCUT2D eigenvalue weighted by atomic mass is 16.6. The van der Waals surface area contributed by atoms with E-state index in [-0.39, 0.29) is 34.9 Å². The normalized spacial score (nSPS) is 17.5. The Hall–Kier alpha value is -3.72. The van der Waals surface area contributed by atoms with Crippen molar-refractivity contribution >= 4 is 23.5 Å². The van der Waals surface area contributed by atoms with Gasteiger partial charge in [0.1, 0.15) is 11.5 Å². The minimum Gasteiger partial charge on any atom is -0.507 e. The van der Waals surface area contributed by atoms with Crippen molar-refractivity contribution in [1.29, 1.82) is 0 Å². The lowest BCUT2D eigenvalue weighted by atomic mass is 9.95. The smallest absolute Gasteiger partial charge is 0.309 e. The van der Waals surface area contributed by atoms with Crippen molar-refractivity contribution in [3.63, 3.8) is 0 Å². The van der Waals surface area contributed by atoms with Crippen molar-refractivity contribution in [1.82, 2.24) is 4.90 Å². The first-order chi connectivity index (χ1) is 16.3. The number of ketones is 1. The molecule has 0 bridgehead atoms. The van der Waals surface area contributed by atoms with E-state index in [1.165, 1.54) is 18.2 Å². The molecule has 2 aromatic carbocycles. The fraction of sp³-hybridized carbons (Fsp3) is 0.360. The van der Waals surface area contributed by atoms with Crippen LogP contribution in [-0.2, 0) is 16.1 Å². The van der Waals surface area contributed by atoms with Gasteiger partial charge in [-0.1, -0.05) is 0 Å². The molecule has 34 heavy (non-hydrogen) atoms. The van der Waals surface area contributed by atoms with Crippen LogP contribution >= 0.6 is 0 Å². The third-order valence-electron chi connectivity index (χ3n) is 6.21. The number of fused-ring (bicyclic) bond motifs is 1. The number of rotatable bonds is 6. The second kappa shape index (κ2) is 9.64. The lowest BCUT2D eigenvalue weighted by molar-refractivity contribution is -0.384. The number of phenols is 1. The molecule has 1 saturated heterocycles. The minimum atomic E-state index is -0.488. The number of likely N-dealkylation sites (tertiary alicyclic amines) is 1. The van der Waals surface area contributed by atoms with E-state index in [9.17, 15) is 24.8 Å². The van der Waals surface area contributed by atoms with Gasteiger partial charge in [0, 0.05) is 18.7 Å². The van der Waals surface area contributed by atoms with Gasteiger partial charge in [-0.2, -0.15) is 0 Å². The highest BCUT2D eigenvalue weighted by molar-refractivity contribution is 6.15. The monoisotopic (exact) mass is 466 g/mol. The molecule has 0 aliphatic carbocycles. The summed E-state index contributed by atoms with van der Waals surface area (Å²) in [5.74, 6) is -0.108. The number of allylic oxidation sites excluding steroid dienone is 1. The van der Waals surface area contributed by atoms with E-state index in [1.54, 1.807) is 32.0 Å². The second-order valence-corrected chi connectivity index (χ2v) is 8.49. The standard InChI is InChI=1S/C25H26N2O7/c1-3-33-25(30)17-8-10-26(11-9-17)14-19-20(28)12-15(2)22-23(29)21(34-24(19)22)13-16-4-6-18(7-5-16)27(31)32/h4-7,12-13,17,28H,3,8-11,14H2,1-2H3. The molecular weight excluding hydrogens is 440 g/mol. The molecule has 0 atom stereocenters. The summed E-state index contributed by atoms with van der Waals surface area (Å²) in [6.07, 6.45) is 2.87. The van der Waals surface area contributed by atoms with Crippen molar-refractivity contribution in [2.45, 2.75) is 33.2 Å². The molecule has 2 aliphatic heterocycles. The molecular formula is C25H26N2O7. The molecule has 1 fully saturated rings. The topological polar surface area (TPSA) is 119 Å². The fourth-order valence-electron chi connectivity index (χ4n) is 4.39. The summed E-state index contributed by atoms with van der Waals surface area (Å²) in [5.41, 5.74) is 2.08. The Labute approximate surface area is 196 Å². The van der Waals surface area contributed by atoms with E-state index in [0.29, 0.717) is 67.1 Å². The summed E-state index contributed by atoms with van der Waals surface area (Å²) in [6, 6.07) is 7.38. The van der Waals surface area contributed by atoms with E-state index >= 15 is 0 Å². The lowest BCUT2D eigenvalue weighted by Gasteiger charge is -2.31. The first-order valence-electron chi connectivity index (χ1n) is 11.2. The zero-order valence-electron chi connectivity index (χ0n) is 19.1. The van der Waals surface area contributed by atoms with Crippen LogP contribution in [0.5, 0.6) is 11.5 Å². The van der Waals surface area contributed by atoms with Crippen LogP contribution in [-0.4, -0.2) is 46.4 Å². The molecule has 2 heterocycles. The van der Waals surface area contributed by atoms with Gasteiger partial charge in [-0.3, -0.25) is 24.6 Å². The average molecular weight is 466 g/mol. The third kappa shape index (κ3) is 4.65. The van der Waals surface area contributed by atoms with Crippen LogP contribution in [0.3, 0.4) is 0 Å². The number of ether oxygens (including phenoxy) is 2. The predicted octanol–water partition coefficient (Wildman–Crippen LogP) is 4.00. The number of carbonyl (C=O) groups is 2. The number of non-ortho nitro benzene ring substituents is 1. The second-order valence-electron chi connectivity index (χ2n) is 8.49. The molecule has 4 rings (SSSR count). The number of aromatic hydroxyl groups is 1. The number of hydrogen-bond donors (Lipinski definition) is 1. The van der Waals surface area contributed by atoms with E-state index in [1.807, 2.05) is 0 Å². The number of hydrogen-bond acceptors (Lipinski definition) is 8. The lowest BCUT2D eigenvalue weighted by Crippen LogP contribution is -2.36. The molecule has 178 valence electrons. The Bertz CT molecular complexity index is 1160. The number of nitrogens with zero attached hydrogens (tertiary/aromatic N) is 2. The molecule has 0 radical (unpaired) electrons. The Morgan fingerprint density at radius 3 is 2.59 bits per heavy atom. The third-order valence-corrected chi connectivity index (χ3v) is 6.21. The maximum absolute atomic E-state index is 13.1. The number of nitro groups is 1. The highest BCUT2D eigenvalue weighted by Crippen LogP contribution is 2.42. The van der Waals surface area contributed by atoms with Gasteiger partial charge >= 0.3 is 5.97 Å². The van der Waals surface area contributed by atoms with Gasteiger partial charge in [-0.25, -0.2) is 0 Å². The zero-order chi connectivity index (χ0) is 24.4. The van der Waals surface area contributed by atoms with Gasteiger partial charge < -0.3 is 14.6 Å². The summed E-state index contributed by atoms with van der Waals surface area (Å²) in [7, 11) is 0. The van der Waals surface area contributed by atoms with Gasteiger partial charge in [0.25, 0.3) is 5.69 Å². The Kier molecular flexibility index (Phi) is 6.65. The quantitative estimate of drug-likeness (QED) is 0.294. The van der Waals surface area contributed by atoms with Crippen LogP contribution in [0.4, 0.5) is 5.69 Å². The van der Waals surface area contributed by atoms with E-state index in [2.05, 4.69) is 4.90 Å². The SMILES string of the molecule is CCOC(=O)C1CCN(Cc2c(O)cc(C)c3c2OC(=Cc2ccc([N+](=O)[O-])cc2)C3=O)CC1. The largest absolute Gasteiger partial charge is 0.507 e. The minimum absolute atomic E-state index is 0.0427. The predicted molar refractivity (Wildman–Crippen MR) is 124 cm³/mol. The van der Waals surface area contributed by atoms with E-state index in [0.717, 1.165) is 0 Å². The number of piperidine rings is 1. The highest BCUT2D eigenvalue weighted by Gasteiger charge is 2.34. The molecule has 0 aromatic heterocycles. The maximum atomic E-state index is 13.1. The van der Waals surface area contributed by atoms with Crippen molar-refractivity contribution in [2.75, 3.05) is 19.7 Å². The van der Waals surface area contributed by atoms with Crippen molar-refractivity contribution in [3.05, 3.63) is 68.5 Å². The maximum Gasteiger partial charge on any atom is 0.309 e. The van der Waals surface area contributed by atoms with Gasteiger partial charge in [0.05, 0.1) is 28.6 Å². The Balaban J connectivity index is 1.54. The van der Waals surface area contributed by atoms with Gasteiger partial charge in [-0.05, 0) is 75.2 Å². The summed E-state index contributed by atoms with van der Waals surface area (Å²) < 4.78 is 11.1. The van der Waals surface area contributed by atoms with Gasteiger partial charge in [0.15, 0.2) is 5.76 Å². The van der Waals surface area contributed by atoms with Crippen LogP contribution in [0.25, 0.3) is 6.08 Å². The van der Waals surface area contributed by atoms with Crippen LogP contribution in [0.2, 0.25) is 0 Å². The van der Waals surface area contributed by atoms with Crippen molar-refractivity contribution < 1.29 is 29.1 Å². The molecule has 1 N–H and O–H groups in total. The molecule has 2 aliphatic rings. The summed E-state index contributed by atoms with van der Waals surface area (Å²) in [6.45, 7) is 5.59. The van der Waals surface area contributed by atoms with E-state index < -0.39 is 4.92 Å². The van der Waals surface area contributed by atoms with E-state index in [4.69, 9.17) is 9.47 Å². The molecule has 0 unspecified atom stereocenters.